The lowest BCUT2D eigenvalue weighted by Crippen LogP contribution is -1.92. The highest BCUT2D eigenvalue weighted by Crippen LogP contribution is 2.44. The number of pyridine rings is 1. The summed E-state index contributed by atoms with van der Waals surface area (Å²) in [6.07, 6.45) is 7.84. The van der Waals surface area contributed by atoms with E-state index >= 15 is 0 Å². The van der Waals surface area contributed by atoms with Gasteiger partial charge in [-0.1, -0.05) is 91.0 Å². The molecule has 39 heavy (non-hydrogen) atoms. The number of nitrogens with zero attached hydrogens (tertiary/aromatic N) is 1. The molecule has 0 radical (unpaired) electrons. The molecule has 0 saturated heterocycles. The summed E-state index contributed by atoms with van der Waals surface area (Å²) in [5, 5.41) is 5.08. The Morgan fingerprint density at radius 2 is 1.10 bits per heavy atom. The van der Waals surface area contributed by atoms with Gasteiger partial charge in [-0.25, -0.2) is 0 Å². The third-order valence-corrected chi connectivity index (χ3v) is 7.88. The topological polar surface area (TPSA) is 28.7 Å². The van der Waals surface area contributed by atoms with Crippen LogP contribution >= 0.6 is 0 Å². The van der Waals surface area contributed by atoms with E-state index in [1.165, 1.54) is 77.2 Å². The molecule has 0 saturated carbocycles. The van der Waals surface area contributed by atoms with E-state index in [4.69, 9.17) is 0 Å². The van der Waals surface area contributed by atoms with Crippen molar-refractivity contribution in [1.82, 2.24) is 9.97 Å². The maximum absolute atomic E-state index is 4.35. The summed E-state index contributed by atoms with van der Waals surface area (Å²) < 4.78 is 0. The molecule has 7 rings (SSSR count). The van der Waals surface area contributed by atoms with E-state index in [-0.39, 0.29) is 0 Å². The number of hydrogen-bond acceptors (Lipinski definition) is 1. The molecule has 0 aliphatic carbocycles. The van der Waals surface area contributed by atoms with E-state index in [0.29, 0.717) is 0 Å². The van der Waals surface area contributed by atoms with Crippen LogP contribution < -0.4 is 0 Å². The Hall–Kier alpha value is -4.95. The Kier molecular flexibility index (Phi) is 5.60. The Morgan fingerprint density at radius 1 is 0.513 bits per heavy atom. The lowest BCUT2D eigenvalue weighted by Gasteiger charge is -2.18. The Balaban J connectivity index is 1.45. The van der Waals surface area contributed by atoms with E-state index in [9.17, 15) is 0 Å². The summed E-state index contributed by atoms with van der Waals surface area (Å²) in [5.41, 5.74) is 12.4. The van der Waals surface area contributed by atoms with Gasteiger partial charge in [-0.3, -0.25) is 4.98 Å². The third kappa shape index (κ3) is 3.93. The van der Waals surface area contributed by atoms with Crippen molar-refractivity contribution in [3.63, 3.8) is 0 Å². The molecule has 0 aliphatic rings. The monoisotopic (exact) mass is 500 g/mol. The van der Waals surface area contributed by atoms with Crippen molar-refractivity contribution in [3.8, 4) is 44.5 Å². The second-order valence-electron chi connectivity index (χ2n) is 10.2. The predicted octanol–water partition coefficient (Wildman–Crippen LogP) is 10.0. The second-order valence-corrected chi connectivity index (χ2v) is 10.2. The molecular weight excluding hydrogens is 472 g/mol. The summed E-state index contributed by atoms with van der Waals surface area (Å²) in [7, 11) is 0. The van der Waals surface area contributed by atoms with Gasteiger partial charge in [0.2, 0.25) is 0 Å². The van der Waals surface area contributed by atoms with E-state index in [0.717, 1.165) is 0 Å². The lowest BCUT2D eigenvalue weighted by atomic mass is 9.85. The number of aromatic nitrogens is 2. The number of hydrogen-bond donors (Lipinski definition) is 1. The van der Waals surface area contributed by atoms with Crippen molar-refractivity contribution in [2.75, 3.05) is 0 Å². The van der Waals surface area contributed by atoms with Crippen LogP contribution in [0.2, 0.25) is 0 Å². The van der Waals surface area contributed by atoms with Crippen LogP contribution in [0.25, 0.3) is 66.1 Å². The Bertz CT molecular complexity index is 1910. The van der Waals surface area contributed by atoms with E-state index < -0.39 is 0 Å². The largest absolute Gasteiger partial charge is 0.367 e. The normalized spacial score (nSPS) is 11.3. The number of H-pyrrole nitrogens is 1. The highest BCUT2D eigenvalue weighted by molar-refractivity contribution is 6.21. The van der Waals surface area contributed by atoms with Crippen molar-refractivity contribution in [3.05, 3.63) is 139 Å². The van der Waals surface area contributed by atoms with Crippen LogP contribution in [0.5, 0.6) is 0 Å². The first-order valence-corrected chi connectivity index (χ1v) is 13.4. The van der Waals surface area contributed by atoms with E-state index in [1.54, 1.807) is 0 Å². The summed E-state index contributed by atoms with van der Waals surface area (Å²) in [6, 6.07) is 37.7. The molecule has 0 bridgehead atoms. The zero-order valence-electron chi connectivity index (χ0n) is 22.1. The predicted molar refractivity (Wildman–Crippen MR) is 165 cm³/mol. The van der Waals surface area contributed by atoms with Crippen LogP contribution in [0.1, 0.15) is 11.1 Å². The molecule has 0 spiro atoms. The van der Waals surface area contributed by atoms with Gasteiger partial charge in [-0.05, 0) is 97.6 Å². The minimum atomic E-state index is 1.17. The fraction of sp³-hybridized carbons (Fsp3) is 0.0541. The van der Waals surface area contributed by atoms with Crippen LogP contribution in [0.4, 0.5) is 0 Å². The van der Waals surface area contributed by atoms with Gasteiger partial charge in [-0.2, -0.15) is 0 Å². The van der Waals surface area contributed by atoms with Crippen LogP contribution in [0.3, 0.4) is 0 Å². The molecule has 5 aromatic carbocycles. The Morgan fingerprint density at radius 3 is 1.67 bits per heavy atom. The fourth-order valence-corrected chi connectivity index (χ4v) is 5.97. The number of aryl methyl sites for hydroxylation is 2. The zero-order valence-corrected chi connectivity index (χ0v) is 22.1. The van der Waals surface area contributed by atoms with Crippen LogP contribution in [-0.2, 0) is 0 Å². The van der Waals surface area contributed by atoms with Gasteiger partial charge in [0.05, 0.1) is 0 Å². The van der Waals surface area contributed by atoms with Gasteiger partial charge in [0.15, 0.2) is 0 Å². The van der Waals surface area contributed by atoms with Gasteiger partial charge in [0.25, 0.3) is 0 Å². The zero-order chi connectivity index (χ0) is 26.3. The molecule has 0 atom stereocenters. The minimum absolute atomic E-state index is 1.17. The maximum atomic E-state index is 4.35. The van der Waals surface area contributed by atoms with Crippen LogP contribution in [0, 0.1) is 13.8 Å². The first-order chi connectivity index (χ1) is 19.2. The molecule has 0 fully saturated rings. The second kappa shape index (κ2) is 9.41. The smallest absolute Gasteiger partial charge is 0.0349 e. The van der Waals surface area contributed by atoms with Gasteiger partial charge >= 0.3 is 0 Å². The van der Waals surface area contributed by atoms with Crippen molar-refractivity contribution in [2.45, 2.75) is 13.8 Å². The van der Waals surface area contributed by atoms with Crippen LogP contribution in [0.15, 0.2) is 128 Å². The summed E-state index contributed by atoms with van der Waals surface area (Å²) in [4.78, 5) is 7.53. The van der Waals surface area contributed by atoms with Crippen molar-refractivity contribution in [2.24, 2.45) is 0 Å². The van der Waals surface area contributed by atoms with Gasteiger partial charge in [-0.15, -0.1) is 0 Å². The average Bonchev–Trinajstić information content (AvgIpc) is 3.51. The summed E-state index contributed by atoms with van der Waals surface area (Å²) >= 11 is 0. The molecular formula is C37H28N2. The first kappa shape index (κ1) is 23.2. The molecule has 2 aromatic heterocycles. The first-order valence-electron chi connectivity index (χ1n) is 13.4. The van der Waals surface area contributed by atoms with E-state index in [1.807, 2.05) is 18.6 Å². The number of rotatable bonds is 4. The van der Waals surface area contributed by atoms with Crippen molar-refractivity contribution in [1.29, 1.82) is 0 Å². The average molecular weight is 501 g/mol. The van der Waals surface area contributed by atoms with Crippen molar-refractivity contribution < 1.29 is 0 Å². The summed E-state index contributed by atoms with van der Waals surface area (Å²) in [5.74, 6) is 0. The number of benzene rings is 5. The number of fused-ring (bicyclic) bond motifs is 2. The SMILES string of the molecule is Cc1cc(-c2c3ccccc3c(-c3ccc(-c4cnccc4C)cc3)c3ccccc23)ccc1-c1cc[nH]c1. The molecule has 2 nitrogen and oxygen atoms in total. The fourth-order valence-electron chi connectivity index (χ4n) is 5.97. The maximum Gasteiger partial charge on any atom is 0.0349 e. The molecule has 2 heteroatoms. The minimum Gasteiger partial charge on any atom is -0.367 e. The van der Waals surface area contributed by atoms with E-state index in [2.05, 4.69) is 133 Å². The van der Waals surface area contributed by atoms with Gasteiger partial charge in [0, 0.05) is 30.4 Å². The molecule has 1 N–H and O–H groups in total. The molecule has 2 heterocycles. The molecule has 0 amide bonds. The highest BCUT2D eigenvalue weighted by Gasteiger charge is 2.17. The van der Waals surface area contributed by atoms with Gasteiger partial charge < -0.3 is 4.98 Å². The van der Waals surface area contributed by atoms with Gasteiger partial charge in [0.1, 0.15) is 0 Å². The molecule has 0 unspecified atom stereocenters. The summed E-state index contributed by atoms with van der Waals surface area (Å²) in [6.45, 7) is 4.34. The number of nitrogens with one attached hydrogen (secondary N) is 1. The Labute approximate surface area is 228 Å². The highest BCUT2D eigenvalue weighted by atomic mass is 14.6. The van der Waals surface area contributed by atoms with Crippen molar-refractivity contribution >= 4 is 21.5 Å². The lowest BCUT2D eigenvalue weighted by molar-refractivity contribution is 1.29. The number of aromatic amines is 1. The third-order valence-electron chi connectivity index (χ3n) is 7.88. The quantitative estimate of drug-likeness (QED) is 0.239. The molecule has 7 aromatic rings. The molecule has 186 valence electrons. The standard InChI is InChI=1S/C37H28N2/c1-24-17-19-39-23-35(24)26-11-13-27(14-12-26)36-31-7-3-5-9-33(31)37(34-10-6-4-8-32(34)36)28-15-16-30(25(2)21-28)29-18-20-38-22-29/h3-23,38H,1-2H3. The van der Waals surface area contributed by atoms with Crippen LogP contribution in [-0.4, -0.2) is 9.97 Å². The molecule has 0 aliphatic heterocycles.